The molecule has 4 N–H and O–H groups in total. The number of hydrogen-bond donors (Lipinski definition) is 3. The Morgan fingerprint density at radius 1 is 1.27 bits per heavy atom. The van der Waals surface area contributed by atoms with Gasteiger partial charge < -0.3 is 21.1 Å². The lowest BCUT2D eigenvalue weighted by Crippen LogP contribution is -2.53. The van der Waals surface area contributed by atoms with Crippen molar-refractivity contribution in [2.45, 2.75) is 45.2 Å². The number of ether oxygens (including phenoxy) is 1. The number of nitrogens with two attached hydrogens (primary N) is 1. The van der Waals surface area contributed by atoms with Gasteiger partial charge in [-0.15, -0.1) is 12.4 Å². The van der Waals surface area contributed by atoms with Crippen LogP contribution in [0.4, 0.5) is 0 Å². The summed E-state index contributed by atoms with van der Waals surface area (Å²) in [5.74, 6) is 0.316. The first-order chi connectivity index (χ1) is 12.0. The van der Waals surface area contributed by atoms with E-state index in [1.165, 1.54) is 7.11 Å². The number of benzene rings is 1. The van der Waals surface area contributed by atoms with Crippen LogP contribution in [-0.4, -0.2) is 37.6 Å². The normalized spacial score (nSPS) is 20.2. The van der Waals surface area contributed by atoms with Crippen molar-refractivity contribution in [2.75, 3.05) is 13.7 Å². The molecule has 2 rings (SSSR count). The maximum absolute atomic E-state index is 12.7. The molecule has 3 atom stereocenters. The van der Waals surface area contributed by atoms with Crippen molar-refractivity contribution in [2.24, 2.45) is 17.6 Å². The van der Waals surface area contributed by atoms with Gasteiger partial charge in [0.15, 0.2) is 0 Å². The zero-order valence-electron chi connectivity index (χ0n) is 15.7. The summed E-state index contributed by atoms with van der Waals surface area (Å²) in [4.78, 5) is 25.3. The van der Waals surface area contributed by atoms with E-state index in [2.05, 4.69) is 10.6 Å². The lowest BCUT2D eigenvalue weighted by Gasteiger charge is -2.26. The molecule has 0 aromatic heterocycles. The molecule has 1 aromatic rings. The van der Waals surface area contributed by atoms with Crippen LogP contribution in [-0.2, 0) is 4.79 Å². The summed E-state index contributed by atoms with van der Waals surface area (Å²) in [6, 6.07) is 6.48. The van der Waals surface area contributed by atoms with Gasteiger partial charge in [-0.25, -0.2) is 0 Å². The number of halogens is 1. The number of carbonyl (C=O) groups is 2. The van der Waals surface area contributed by atoms with Gasteiger partial charge in [-0.05, 0) is 43.4 Å². The minimum absolute atomic E-state index is 0. The highest BCUT2D eigenvalue weighted by Crippen LogP contribution is 2.25. The van der Waals surface area contributed by atoms with E-state index in [0.717, 1.165) is 19.3 Å². The maximum Gasteiger partial charge on any atom is 0.255 e. The number of amides is 2. The highest BCUT2D eigenvalue weighted by molar-refractivity contribution is 5.99. The molecule has 1 aliphatic rings. The SMILES string of the molecule is COc1ccccc1C(=O)NC(C(=O)NC1CCCC1CN)C(C)C.Cl. The van der Waals surface area contributed by atoms with E-state index in [0.29, 0.717) is 23.8 Å². The second-order valence-electron chi connectivity index (χ2n) is 6.94. The average molecular weight is 384 g/mol. The van der Waals surface area contributed by atoms with Gasteiger partial charge >= 0.3 is 0 Å². The van der Waals surface area contributed by atoms with Gasteiger partial charge in [0.2, 0.25) is 5.91 Å². The summed E-state index contributed by atoms with van der Waals surface area (Å²) in [7, 11) is 1.52. The average Bonchev–Trinajstić information content (AvgIpc) is 3.05. The summed E-state index contributed by atoms with van der Waals surface area (Å²) in [5.41, 5.74) is 6.21. The number of para-hydroxylation sites is 1. The third-order valence-corrected chi connectivity index (χ3v) is 4.88. The van der Waals surface area contributed by atoms with Crippen LogP contribution < -0.4 is 21.1 Å². The molecule has 1 aromatic carbocycles. The van der Waals surface area contributed by atoms with Gasteiger partial charge in [0.05, 0.1) is 12.7 Å². The van der Waals surface area contributed by atoms with Gasteiger partial charge in [0.1, 0.15) is 11.8 Å². The lowest BCUT2D eigenvalue weighted by atomic mass is 10.00. The molecule has 146 valence electrons. The van der Waals surface area contributed by atoms with E-state index < -0.39 is 6.04 Å². The summed E-state index contributed by atoms with van der Waals surface area (Å²) in [5, 5.41) is 5.93. The predicted molar refractivity (Wildman–Crippen MR) is 105 cm³/mol. The fourth-order valence-corrected chi connectivity index (χ4v) is 3.37. The molecule has 0 bridgehead atoms. The van der Waals surface area contributed by atoms with Crippen molar-refractivity contribution in [1.82, 2.24) is 10.6 Å². The summed E-state index contributed by atoms with van der Waals surface area (Å²) >= 11 is 0. The second-order valence-corrected chi connectivity index (χ2v) is 6.94. The Bertz CT molecular complexity index is 609. The van der Waals surface area contributed by atoms with Gasteiger partial charge in [-0.3, -0.25) is 9.59 Å². The Labute approximate surface area is 161 Å². The molecule has 0 aliphatic heterocycles. The molecular weight excluding hydrogens is 354 g/mol. The van der Waals surface area contributed by atoms with Crippen molar-refractivity contribution >= 4 is 24.2 Å². The van der Waals surface area contributed by atoms with Crippen LogP contribution in [0.1, 0.15) is 43.5 Å². The number of carbonyl (C=O) groups excluding carboxylic acids is 2. The molecule has 0 saturated heterocycles. The predicted octanol–water partition coefficient (Wildman–Crippen LogP) is 2.11. The molecule has 0 radical (unpaired) electrons. The molecule has 26 heavy (non-hydrogen) atoms. The van der Waals surface area contributed by atoms with Crippen molar-refractivity contribution < 1.29 is 14.3 Å². The van der Waals surface area contributed by atoms with Crippen molar-refractivity contribution in [1.29, 1.82) is 0 Å². The fraction of sp³-hybridized carbons (Fsp3) is 0.579. The van der Waals surface area contributed by atoms with Crippen LogP contribution in [0.25, 0.3) is 0 Å². The third-order valence-electron chi connectivity index (χ3n) is 4.88. The van der Waals surface area contributed by atoms with Crippen molar-refractivity contribution in [3.05, 3.63) is 29.8 Å². The van der Waals surface area contributed by atoms with E-state index in [4.69, 9.17) is 10.5 Å². The molecular formula is C19H30ClN3O3. The fourth-order valence-electron chi connectivity index (χ4n) is 3.37. The summed E-state index contributed by atoms with van der Waals surface area (Å²) in [6.45, 7) is 4.41. The van der Waals surface area contributed by atoms with Crippen molar-refractivity contribution in [3.63, 3.8) is 0 Å². The standard InChI is InChI=1S/C19H29N3O3.ClH/c1-12(2)17(19(24)21-15-9-6-7-13(15)11-20)22-18(23)14-8-4-5-10-16(14)25-3;/h4-5,8,10,12-13,15,17H,6-7,9,11,20H2,1-3H3,(H,21,24)(H,22,23);1H. The Balaban J connectivity index is 0.00000338. The molecule has 7 heteroatoms. The van der Waals surface area contributed by atoms with Gasteiger partial charge in [-0.2, -0.15) is 0 Å². The number of hydrogen-bond acceptors (Lipinski definition) is 4. The molecule has 6 nitrogen and oxygen atoms in total. The van der Waals surface area contributed by atoms with E-state index in [9.17, 15) is 9.59 Å². The molecule has 0 spiro atoms. The van der Waals surface area contributed by atoms with Gasteiger partial charge in [0, 0.05) is 6.04 Å². The zero-order chi connectivity index (χ0) is 18.4. The van der Waals surface area contributed by atoms with Crippen LogP contribution in [0.5, 0.6) is 5.75 Å². The Hall–Kier alpha value is -1.79. The van der Waals surface area contributed by atoms with Crippen LogP contribution in [0.15, 0.2) is 24.3 Å². The Morgan fingerprint density at radius 2 is 1.96 bits per heavy atom. The quantitative estimate of drug-likeness (QED) is 0.672. The minimum atomic E-state index is -0.601. The largest absolute Gasteiger partial charge is 0.496 e. The topological polar surface area (TPSA) is 93.4 Å². The molecule has 2 amide bonds. The highest BCUT2D eigenvalue weighted by atomic mass is 35.5. The Morgan fingerprint density at radius 3 is 2.58 bits per heavy atom. The van der Waals surface area contributed by atoms with Crippen LogP contribution in [0.3, 0.4) is 0 Å². The van der Waals surface area contributed by atoms with Crippen LogP contribution in [0, 0.1) is 11.8 Å². The maximum atomic E-state index is 12.7. The lowest BCUT2D eigenvalue weighted by molar-refractivity contribution is -0.124. The van der Waals surface area contributed by atoms with Crippen LogP contribution in [0.2, 0.25) is 0 Å². The summed E-state index contributed by atoms with van der Waals surface area (Å²) in [6.07, 6.45) is 3.06. The first kappa shape index (κ1) is 22.3. The van der Waals surface area contributed by atoms with Gasteiger partial charge in [-0.1, -0.05) is 32.4 Å². The second kappa shape index (κ2) is 10.4. The molecule has 1 fully saturated rings. The smallest absolute Gasteiger partial charge is 0.255 e. The van der Waals surface area contributed by atoms with E-state index in [1.54, 1.807) is 24.3 Å². The molecule has 1 aliphatic carbocycles. The first-order valence-electron chi connectivity index (χ1n) is 8.92. The number of rotatable bonds is 7. The monoisotopic (exact) mass is 383 g/mol. The van der Waals surface area contributed by atoms with Gasteiger partial charge in [0.25, 0.3) is 5.91 Å². The molecule has 1 saturated carbocycles. The van der Waals surface area contributed by atoms with E-state index in [-0.39, 0.29) is 36.2 Å². The highest BCUT2D eigenvalue weighted by Gasteiger charge is 2.32. The number of methoxy groups -OCH3 is 1. The number of nitrogens with one attached hydrogen (secondary N) is 2. The Kier molecular flexibility index (Phi) is 8.88. The first-order valence-corrected chi connectivity index (χ1v) is 8.92. The molecule has 3 unspecified atom stereocenters. The van der Waals surface area contributed by atoms with Crippen LogP contribution >= 0.6 is 12.4 Å². The van der Waals surface area contributed by atoms with E-state index in [1.807, 2.05) is 13.8 Å². The third kappa shape index (κ3) is 5.35. The summed E-state index contributed by atoms with van der Waals surface area (Å²) < 4.78 is 5.23. The van der Waals surface area contributed by atoms with E-state index >= 15 is 0 Å². The van der Waals surface area contributed by atoms with Crippen molar-refractivity contribution in [3.8, 4) is 5.75 Å². The molecule has 0 heterocycles. The minimum Gasteiger partial charge on any atom is -0.496 e. The zero-order valence-corrected chi connectivity index (χ0v) is 16.5.